The molecular formula is C18H20N2O3S. The smallest absolute Gasteiger partial charge is 0.409 e. The molecule has 0 bridgehead atoms. The first-order valence-corrected chi connectivity index (χ1v) is 8.69. The number of fused-ring (bicyclic) bond motifs is 1. The average molecular weight is 344 g/mol. The summed E-state index contributed by atoms with van der Waals surface area (Å²) < 4.78 is 4.67. The summed E-state index contributed by atoms with van der Waals surface area (Å²) in [6.45, 7) is 0.663. The molecule has 2 aromatic rings. The highest BCUT2D eigenvalue weighted by Gasteiger charge is 2.33. The number of carbonyl (C=O) groups excluding carboxylic acids is 2. The van der Waals surface area contributed by atoms with Crippen LogP contribution in [0.2, 0.25) is 0 Å². The quantitative estimate of drug-likeness (QED) is 0.860. The first-order valence-electron chi connectivity index (χ1n) is 7.81. The van der Waals surface area contributed by atoms with E-state index in [0.29, 0.717) is 6.54 Å². The van der Waals surface area contributed by atoms with E-state index in [1.165, 1.54) is 22.5 Å². The standard InChI is InChI=1S/C18H20N2O3S/c1-19(18(22)23-2)12-16(21)20-10-8-15-14(9-11-24-15)17(20)13-6-4-3-5-7-13/h3-7,9,11,17H,8,10,12H2,1-2H3. The number of carbonyl (C=O) groups is 2. The number of hydrogen-bond donors (Lipinski definition) is 0. The summed E-state index contributed by atoms with van der Waals surface area (Å²) >= 11 is 1.74. The lowest BCUT2D eigenvalue weighted by molar-refractivity contribution is -0.133. The van der Waals surface area contributed by atoms with Crippen LogP contribution in [0.3, 0.4) is 0 Å². The van der Waals surface area contributed by atoms with Gasteiger partial charge in [-0.1, -0.05) is 30.3 Å². The van der Waals surface area contributed by atoms with Gasteiger partial charge in [-0.15, -0.1) is 11.3 Å². The summed E-state index contributed by atoms with van der Waals surface area (Å²) in [5.41, 5.74) is 2.28. The second-order valence-corrected chi connectivity index (χ2v) is 6.78. The highest BCUT2D eigenvalue weighted by molar-refractivity contribution is 7.10. The minimum atomic E-state index is -0.507. The van der Waals surface area contributed by atoms with Crippen molar-refractivity contribution in [3.63, 3.8) is 0 Å². The Morgan fingerprint density at radius 1 is 1.29 bits per heavy atom. The Kier molecular flexibility index (Phi) is 4.85. The molecule has 0 N–H and O–H groups in total. The zero-order valence-electron chi connectivity index (χ0n) is 13.8. The van der Waals surface area contributed by atoms with Gasteiger partial charge >= 0.3 is 6.09 Å². The fourth-order valence-electron chi connectivity index (χ4n) is 3.09. The van der Waals surface area contributed by atoms with Crippen molar-refractivity contribution in [2.45, 2.75) is 12.5 Å². The van der Waals surface area contributed by atoms with Gasteiger partial charge in [0, 0.05) is 18.5 Å². The van der Waals surface area contributed by atoms with Gasteiger partial charge in [-0.05, 0) is 29.0 Å². The van der Waals surface area contributed by atoms with Crippen molar-refractivity contribution in [1.29, 1.82) is 0 Å². The molecule has 0 aliphatic carbocycles. The van der Waals surface area contributed by atoms with Crippen LogP contribution in [0.5, 0.6) is 0 Å². The van der Waals surface area contributed by atoms with Crippen LogP contribution in [-0.2, 0) is 16.0 Å². The molecular weight excluding hydrogens is 324 g/mol. The molecule has 0 spiro atoms. The van der Waals surface area contributed by atoms with E-state index in [1.807, 2.05) is 35.2 Å². The molecule has 1 atom stereocenters. The molecule has 6 heteroatoms. The molecule has 1 aliphatic heterocycles. The highest BCUT2D eigenvalue weighted by Crippen LogP contribution is 2.37. The van der Waals surface area contributed by atoms with E-state index in [2.05, 4.69) is 16.2 Å². The first kappa shape index (κ1) is 16.5. The zero-order chi connectivity index (χ0) is 17.1. The van der Waals surface area contributed by atoms with Crippen LogP contribution in [-0.4, -0.2) is 49.0 Å². The van der Waals surface area contributed by atoms with Crippen molar-refractivity contribution < 1.29 is 14.3 Å². The van der Waals surface area contributed by atoms with Crippen LogP contribution >= 0.6 is 11.3 Å². The Morgan fingerprint density at radius 3 is 2.75 bits per heavy atom. The minimum Gasteiger partial charge on any atom is -0.453 e. The van der Waals surface area contributed by atoms with Gasteiger partial charge in [0.25, 0.3) is 0 Å². The highest BCUT2D eigenvalue weighted by atomic mass is 32.1. The number of methoxy groups -OCH3 is 1. The van der Waals surface area contributed by atoms with Gasteiger partial charge in [0.2, 0.25) is 5.91 Å². The Bertz CT molecular complexity index is 729. The fraction of sp³-hybridized carbons (Fsp3) is 0.333. The number of amides is 2. The van der Waals surface area contributed by atoms with Crippen molar-refractivity contribution >= 4 is 23.3 Å². The maximum atomic E-state index is 12.8. The van der Waals surface area contributed by atoms with E-state index in [9.17, 15) is 9.59 Å². The number of nitrogens with zero attached hydrogens (tertiary/aromatic N) is 2. The second-order valence-electron chi connectivity index (χ2n) is 5.78. The molecule has 5 nitrogen and oxygen atoms in total. The predicted molar refractivity (Wildman–Crippen MR) is 93.1 cm³/mol. The Balaban J connectivity index is 1.89. The van der Waals surface area contributed by atoms with Gasteiger partial charge in [-0.25, -0.2) is 4.79 Å². The van der Waals surface area contributed by atoms with Crippen LogP contribution < -0.4 is 0 Å². The van der Waals surface area contributed by atoms with E-state index < -0.39 is 6.09 Å². The summed E-state index contributed by atoms with van der Waals surface area (Å²) in [5.74, 6) is -0.0754. The molecule has 1 aromatic heterocycles. The molecule has 1 aromatic carbocycles. The largest absolute Gasteiger partial charge is 0.453 e. The van der Waals surface area contributed by atoms with Crippen molar-refractivity contribution in [2.24, 2.45) is 0 Å². The predicted octanol–water partition coefficient (Wildman–Crippen LogP) is 2.92. The molecule has 0 saturated heterocycles. The zero-order valence-corrected chi connectivity index (χ0v) is 14.6. The van der Waals surface area contributed by atoms with Crippen LogP contribution in [0.1, 0.15) is 22.0 Å². The lowest BCUT2D eigenvalue weighted by Crippen LogP contribution is -2.45. The molecule has 3 rings (SSSR count). The molecule has 2 amide bonds. The van der Waals surface area contributed by atoms with E-state index >= 15 is 0 Å². The molecule has 0 radical (unpaired) electrons. The van der Waals surface area contributed by atoms with Crippen molar-refractivity contribution in [3.05, 3.63) is 57.8 Å². The topological polar surface area (TPSA) is 49.9 Å². The SMILES string of the molecule is COC(=O)N(C)CC(=O)N1CCc2sccc2C1c1ccccc1. The average Bonchev–Trinajstić information content (AvgIpc) is 3.09. The van der Waals surface area contributed by atoms with E-state index in [0.717, 1.165) is 12.0 Å². The van der Waals surface area contributed by atoms with E-state index in [-0.39, 0.29) is 18.5 Å². The molecule has 1 unspecified atom stereocenters. The molecule has 1 aliphatic rings. The molecule has 0 saturated carbocycles. The molecule has 126 valence electrons. The lowest BCUT2D eigenvalue weighted by atomic mass is 9.93. The van der Waals surface area contributed by atoms with Crippen molar-refractivity contribution in [3.8, 4) is 0 Å². The summed E-state index contributed by atoms with van der Waals surface area (Å²) in [7, 11) is 2.88. The van der Waals surface area contributed by atoms with Crippen LogP contribution in [0.4, 0.5) is 4.79 Å². The van der Waals surface area contributed by atoms with E-state index in [1.54, 1.807) is 18.4 Å². The maximum absolute atomic E-state index is 12.8. The van der Waals surface area contributed by atoms with E-state index in [4.69, 9.17) is 0 Å². The van der Waals surface area contributed by atoms with Gasteiger partial charge in [-0.2, -0.15) is 0 Å². The maximum Gasteiger partial charge on any atom is 0.409 e. The first-order chi connectivity index (χ1) is 11.6. The number of benzene rings is 1. The van der Waals surface area contributed by atoms with Crippen LogP contribution in [0.15, 0.2) is 41.8 Å². The number of hydrogen-bond acceptors (Lipinski definition) is 4. The third-order valence-corrected chi connectivity index (χ3v) is 5.26. The minimum absolute atomic E-state index is 0.00940. The Morgan fingerprint density at radius 2 is 2.04 bits per heavy atom. The summed E-state index contributed by atoms with van der Waals surface area (Å²) in [4.78, 5) is 28.9. The van der Waals surface area contributed by atoms with Crippen molar-refractivity contribution in [1.82, 2.24) is 9.80 Å². The lowest BCUT2D eigenvalue weighted by Gasteiger charge is -2.37. The van der Waals surface area contributed by atoms with Gasteiger partial charge in [0.1, 0.15) is 6.54 Å². The molecule has 24 heavy (non-hydrogen) atoms. The Labute approximate surface area is 145 Å². The monoisotopic (exact) mass is 344 g/mol. The van der Waals surface area contributed by atoms with Crippen LogP contribution in [0.25, 0.3) is 0 Å². The van der Waals surface area contributed by atoms with Crippen LogP contribution in [0, 0.1) is 0 Å². The Hall–Kier alpha value is -2.34. The third-order valence-electron chi connectivity index (χ3n) is 4.26. The summed E-state index contributed by atoms with van der Waals surface area (Å²) in [6.07, 6.45) is 0.345. The van der Waals surface area contributed by atoms with Gasteiger partial charge < -0.3 is 14.5 Å². The van der Waals surface area contributed by atoms with Crippen molar-refractivity contribution in [2.75, 3.05) is 27.2 Å². The van der Waals surface area contributed by atoms with Gasteiger partial charge in [0.15, 0.2) is 0 Å². The normalized spacial score (nSPS) is 16.4. The fourth-order valence-corrected chi connectivity index (χ4v) is 4.00. The van der Waals surface area contributed by atoms with Gasteiger partial charge in [-0.3, -0.25) is 4.79 Å². The number of ether oxygens (including phenoxy) is 1. The number of likely N-dealkylation sites (N-methyl/N-ethyl adjacent to an activating group) is 1. The molecule has 2 heterocycles. The third kappa shape index (κ3) is 3.14. The van der Waals surface area contributed by atoms with Gasteiger partial charge in [0.05, 0.1) is 13.2 Å². The number of rotatable bonds is 3. The summed E-state index contributed by atoms with van der Waals surface area (Å²) in [5, 5.41) is 2.08. The number of thiophene rings is 1. The molecule has 0 fully saturated rings. The second kappa shape index (κ2) is 7.05. The summed E-state index contributed by atoms with van der Waals surface area (Å²) in [6, 6.07) is 12.0.